The van der Waals surface area contributed by atoms with Crippen LogP contribution in [0.25, 0.3) is 0 Å². The minimum atomic E-state index is -0.546. The van der Waals surface area contributed by atoms with Crippen molar-refractivity contribution in [2.45, 2.75) is 43.1 Å². The molecular weight excluding hydrogens is 255 g/mol. The maximum absolute atomic E-state index is 13.6. The summed E-state index contributed by atoms with van der Waals surface area (Å²) in [7, 11) is 0. The van der Waals surface area contributed by atoms with Crippen LogP contribution in [0.4, 0.5) is 4.39 Å². The van der Waals surface area contributed by atoms with Crippen LogP contribution >= 0.6 is 11.6 Å². The number of pyridine rings is 1. The Morgan fingerprint density at radius 2 is 2.06 bits per heavy atom. The summed E-state index contributed by atoms with van der Waals surface area (Å²) in [5.74, 6) is -0.763. The lowest BCUT2D eigenvalue weighted by atomic mass is 10.0. The lowest BCUT2D eigenvalue weighted by molar-refractivity contribution is 0.0594. The third-order valence-corrected chi connectivity index (χ3v) is 4.27. The summed E-state index contributed by atoms with van der Waals surface area (Å²) in [5, 5.41) is 0.147. The number of alkyl halides is 1. The van der Waals surface area contributed by atoms with Gasteiger partial charge in [-0.1, -0.05) is 0 Å². The highest BCUT2D eigenvalue weighted by atomic mass is 35.5. The minimum absolute atomic E-state index is 0.120. The maximum atomic E-state index is 13.6. The number of aromatic nitrogens is 1. The molecule has 2 atom stereocenters. The largest absolute Gasteiger partial charge is 0.332 e. The number of amides is 1. The summed E-state index contributed by atoms with van der Waals surface area (Å²) in [5.41, 5.74) is 0.120. The molecule has 0 aromatic carbocycles. The molecule has 3 nitrogen and oxygen atoms in total. The Kier molecular flexibility index (Phi) is 2.98. The SMILES string of the molecule is O=C(c1ccncc1F)N1C2CCC1CC(Cl)C2. The van der Waals surface area contributed by atoms with E-state index in [0.29, 0.717) is 0 Å². The van der Waals surface area contributed by atoms with E-state index in [1.165, 1.54) is 12.3 Å². The number of hydrogen-bond acceptors (Lipinski definition) is 2. The summed E-state index contributed by atoms with van der Waals surface area (Å²) in [6.45, 7) is 0. The summed E-state index contributed by atoms with van der Waals surface area (Å²) >= 11 is 6.17. The van der Waals surface area contributed by atoms with E-state index in [4.69, 9.17) is 11.6 Å². The van der Waals surface area contributed by atoms with Crippen molar-refractivity contribution in [3.05, 3.63) is 29.8 Å². The van der Waals surface area contributed by atoms with E-state index in [-0.39, 0.29) is 28.9 Å². The lowest BCUT2D eigenvalue weighted by Gasteiger charge is -2.37. The Morgan fingerprint density at radius 1 is 1.39 bits per heavy atom. The molecule has 3 rings (SSSR count). The normalized spacial score (nSPS) is 30.6. The molecule has 1 amide bonds. The molecular formula is C13H14ClFN2O. The molecule has 1 aromatic heterocycles. The molecule has 0 N–H and O–H groups in total. The van der Waals surface area contributed by atoms with Crippen LogP contribution in [0.1, 0.15) is 36.0 Å². The predicted molar refractivity (Wildman–Crippen MR) is 66.0 cm³/mol. The van der Waals surface area contributed by atoms with Crippen LogP contribution in [0, 0.1) is 5.82 Å². The van der Waals surface area contributed by atoms with Crippen molar-refractivity contribution in [3.63, 3.8) is 0 Å². The first kappa shape index (κ1) is 11.9. The number of halogens is 2. The Labute approximate surface area is 110 Å². The van der Waals surface area contributed by atoms with Gasteiger partial charge in [-0.2, -0.15) is 0 Å². The molecule has 0 saturated carbocycles. The molecule has 2 unspecified atom stereocenters. The number of hydrogen-bond donors (Lipinski definition) is 0. The van der Waals surface area contributed by atoms with Crippen LogP contribution in [0.2, 0.25) is 0 Å². The quantitative estimate of drug-likeness (QED) is 0.734. The van der Waals surface area contributed by atoms with Crippen molar-refractivity contribution in [1.29, 1.82) is 0 Å². The van der Waals surface area contributed by atoms with E-state index >= 15 is 0 Å². The van der Waals surface area contributed by atoms with Crippen LogP contribution in [0.5, 0.6) is 0 Å². The van der Waals surface area contributed by atoms with Crippen LogP contribution in [-0.4, -0.2) is 33.3 Å². The van der Waals surface area contributed by atoms with Gasteiger partial charge in [0, 0.05) is 23.7 Å². The molecule has 18 heavy (non-hydrogen) atoms. The fourth-order valence-electron chi connectivity index (χ4n) is 3.13. The number of carbonyl (C=O) groups is 1. The molecule has 5 heteroatoms. The molecule has 2 saturated heterocycles. The molecule has 2 aliphatic rings. The van der Waals surface area contributed by atoms with Gasteiger partial charge in [0.25, 0.3) is 5.91 Å². The van der Waals surface area contributed by atoms with Crippen molar-refractivity contribution in [1.82, 2.24) is 9.88 Å². The molecule has 0 aliphatic carbocycles. The van der Waals surface area contributed by atoms with E-state index < -0.39 is 5.82 Å². The van der Waals surface area contributed by atoms with Gasteiger partial charge in [0.1, 0.15) is 0 Å². The van der Waals surface area contributed by atoms with Crippen LogP contribution in [0.3, 0.4) is 0 Å². The second-order valence-electron chi connectivity index (χ2n) is 5.02. The lowest BCUT2D eigenvalue weighted by Crippen LogP contribution is -2.47. The smallest absolute Gasteiger partial charge is 0.257 e. The first-order chi connectivity index (χ1) is 8.66. The van der Waals surface area contributed by atoms with Gasteiger partial charge < -0.3 is 4.90 Å². The molecule has 2 bridgehead atoms. The monoisotopic (exact) mass is 268 g/mol. The zero-order valence-corrected chi connectivity index (χ0v) is 10.6. The molecule has 0 spiro atoms. The van der Waals surface area contributed by atoms with Gasteiger partial charge in [-0.15, -0.1) is 11.6 Å². The van der Waals surface area contributed by atoms with Gasteiger partial charge in [0.05, 0.1) is 11.8 Å². The van der Waals surface area contributed by atoms with E-state index in [1.807, 2.05) is 4.90 Å². The van der Waals surface area contributed by atoms with Gasteiger partial charge in [-0.25, -0.2) is 4.39 Å². The number of nitrogens with zero attached hydrogens (tertiary/aromatic N) is 2. The minimum Gasteiger partial charge on any atom is -0.332 e. The number of fused-ring (bicyclic) bond motifs is 2. The highest BCUT2D eigenvalue weighted by Crippen LogP contribution is 2.38. The zero-order chi connectivity index (χ0) is 12.7. The fourth-order valence-corrected chi connectivity index (χ4v) is 3.54. The van der Waals surface area contributed by atoms with Crippen LogP contribution in [-0.2, 0) is 0 Å². The van der Waals surface area contributed by atoms with Crippen molar-refractivity contribution in [3.8, 4) is 0 Å². The molecule has 1 aromatic rings. The molecule has 2 fully saturated rings. The number of piperidine rings is 1. The van der Waals surface area contributed by atoms with Gasteiger partial charge in [0.15, 0.2) is 5.82 Å². The maximum Gasteiger partial charge on any atom is 0.257 e. The highest BCUT2D eigenvalue weighted by molar-refractivity contribution is 6.20. The molecule has 2 aliphatic heterocycles. The third-order valence-electron chi connectivity index (χ3n) is 3.91. The van der Waals surface area contributed by atoms with Crippen LogP contribution < -0.4 is 0 Å². The first-order valence-corrected chi connectivity index (χ1v) is 6.66. The summed E-state index contributed by atoms with van der Waals surface area (Å²) in [6.07, 6.45) is 6.13. The molecule has 3 heterocycles. The number of rotatable bonds is 1. The summed E-state index contributed by atoms with van der Waals surface area (Å²) in [4.78, 5) is 17.9. The van der Waals surface area contributed by atoms with E-state index in [9.17, 15) is 9.18 Å². The Hall–Kier alpha value is -1.16. The standard InChI is InChI=1S/C13H14ClFN2O/c14-8-5-9-1-2-10(6-8)17(9)13(18)11-3-4-16-7-12(11)15/h3-4,7-10H,1-2,5-6H2. The van der Waals surface area contributed by atoms with Crippen LogP contribution in [0.15, 0.2) is 18.5 Å². The van der Waals surface area contributed by atoms with Gasteiger partial charge >= 0.3 is 0 Å². The highest BCUT2D eigenvalue weighted by Gasteiger charge is 2.43. The molecule has 0 radical (unpaired) electrons. The Morgan fingerprint density at radius 3 is 2.67 bits per heavy atom. The van der Waals surface area contributed by atoms with Gasteiger partial charge in [-0.3, -0.25) is 9.78 Å². The Bertz CT molecular complexity index is 468. The first-order valence-electron chi connectivity index (χ1n) is 6.23. The molecule has 96 valence electrons. The second kappa shape index (κ2) is 4.50. The predicted octanol–water partition coefficient (Wildman–Crippen LogP) is 2.60. The van der Waals surface area contributed by atoms with E-state index in [2.05, 4.69) is 4.98 Å². The van der Waals surface area contributed by atoms with E-state index in [1.54, 1.807) is 0 Å². The van der Waals surface area contributed by atoms with Crippen molar-refractivity contribution in [2.75, 3.05) is 0 Å². The van der Waals surface area contributed by atoms with Crippen molar-refractivity contribution < 1.29 is 9.18 Å². The fraction of sp³-hybridized carbons (Fsp3) is 0.538. The third kappa shape index (κ3) is 1.88. The average molecular weight is 269 g/mol. The van der Waals surface area contributed by atoms with Crippen molar-refractivity contribution in [2.24, 2.45) is 0 Å². The topological polar surface area (TPSA) is 33.2 Å². The van der Waals surface area contributed by atoms with E-state index in [0.717, 1.165) is 31.9 Å². The Balaban J connectivity index is 1.88. The zero-order valence-electron chi connectivity index (χ0n) is 9.85. The summed E-state index contributed by atoms with van der Waals surface area (Å²) < 4.78 is 13.6. The van der Waals surface area contributed by atoms with Crippen molar-refractivity contribution >= 4 is 17.5 Å². The number of carbonyl (C=O) groups excluding carboxylic acids is 1. The van der Waals surface area contributed by atoms with Gasteiger partial charge in [-0.05, 0) is 31.7 Å². The van der Waals surface area contributed by atoms with Gasteiger partial charge in [0.2, 0.25) is 0 Å². The average Bonchev–Trinajstić information content (AvgIpc) is 2.61. The summed E-state index contributed by atoms with van der Waals surface area (Å²) in [6, 6.07) is 1.79. The second-order valence-corrected chi connectivity index (χ2v) is 5.64.